The molecule has 1 saturated heterocycles. The molecular weight excluding hydrogens is 827 g/mol. The van der Waals surface area contributed by atoms with Crippen molar-refractivity contribution in [1.29, 1.82) is 0 Å². The first-order chi connectivity index (χ1) is 32.3. The monoisotopic (exact) mass is 926 g/mol. The lowest BCUT2D eigenvalue weighted by Gasteiger charge is -2.40. The number of hydrogen-bond donors (Lipinski definition) is 6. The summed E-state index contributed by atoms with van der Waals surface area (Å²) in [6.45, 7) is 3.57. The van der Waals surface area contributed by atoms with Crippen molar-refractivity contribution in [2.45, 2.75) is 256 Å². The fourth-order valence-electron chi connectivity index (χ4n) is 7.98. The number of carbonyl (C=O) groups is 1. The van der Waals surface area contributed by atoms with Crippen molar-refractivity contribution in [2.24, 2.45) is 0 Å². The molecule has 1 aliphatic heterocycles. The lowest BCUT2D eigenvalue weighted by Crippen LogP contribution is -2.60. The minimum atomic E-state index is -1.57. The number of aliphatic hydroxyl groups excluding tert-OH is 5. The molecule has 0 aromatic heterocycles. The van der Waals surface area contributed by atoms with Crippen LogP contribution < -0.4 is 5.32 Å². The van der Waals surface area contributed by atoms with Gasteiger partial charge in [0.25, 0.3) is 0 Å². The molecule has 7 atom stereocenters. The van der Waals surface area contributed by atoms with Crippen LogP contribution in [0.2, 0.25) is 0 Å². The summed E-state index contributed by atoms with van der Waals surface area (Å²) in [7, 11) is 0. The molecule has 1 rings (SSSR count). The lowest BCUT2D eigenvalue weighted by atomic mass is 9.99. The average Bonchev–Trinajstić information content (AvgIpc) is 3.32. The predicted octanol–water partition coefficient (Wildman–Crippen LogP) is 12.7. The van der Waals surface area contributed by atoms with Crippen LogP contribution in [0.25, 0.3) is 0 Å². The van der Waals surface area contributed by atoms with Gasteiger partial charge in [-0.15, -0.1) is 0 Å². The quantitative estimate of drug-likeness (QED) is 0.0261. The van der Waals surface area contributed by atoms with Gasteiger partial charge in [-0.25, -0.2) is 0 Å². The third-order valence-corrected chi connectivity index (χ3v) is 12.2. The topological polar surface area (TPSA) is 149 Å². The van der Waals surface area contributed by atoms with E-state index < -0.39 is 49.5 Å². The van der Waals surface area contributed by atoms with Gasteiger partial charge in [0.2, 0.25) is 5.91 Å². The molecule has 9 nitrogen and oxygen atoms in total. The van der Waals surface area contributed by atoms with Gasteiger partial charge in [-0.2, -0.15) is 0 Å². The van der Waals surface area contributed by atoms with Gasteiger partial charge in [0.05, 0.1) is 25.4 Å². The van der Waals surface area contributed by atoms with Crippen LogP contribution in [0.3, 0.4) is 0 Å². The summed E-state index contributed by atoms with van der Waals surface area (Å²) in [4.78, 5) is 12.9. The van der Waals surface area contributed by atoms with Gasteiger partial charge < -0.3 is 40.3 Å². The van der Waals surface area contributed by atoms with E-state index >= 15 is 0 Å². The smallest absolute Gasteiger partial charge is 0.220 e. The molecule has 380 valence electrons. The van der Waals surface area contributed by atoms with Gasteiger partial charge in [-0.1, -0.05) is 221 Å². The van der Waals surface area contributed by atoms with E-state index in [0.29, 0.717) is 6.42 Å². The van der Waals surface area contributed by atoms with Crippen molar-refractivity contribution in [1.82, 2.24) is 5.32 Å². The van der Waals surface area contributed by atoms with Gasteiger partial charge in [0, 0.05) is 6.42 Å². The summed E-state index contributed by atoms with van der Waals surface area (Å²) in [6, 6.07) is -0.803. The Labute approximate surface area is 403 Å². The summed E-state index contributed by atoms with van der Waals surface area (Å²) >= 11 is 0. The normalized spacial score (nSPS) is 20.5. The van der Waals surface area contributed by atoms with E-state index in [-0.39, 0.29) is 12.5 Å². The maximum absolute atomic E-state index is 12.9. The van der Waals surface area contributed by atoms with Crippen molar-refractivity contribution in [3.63, 3.8) is 0 Å². The van der Waals surface area contributed by atoms with Crippen LogP contribution in [-0.2, 0) is 14.3 Å². The molecule has 1 fully saturated rings. The Kier molecular flexibility index (Phi) is 42.9. The molecule has 0 aromatic carbocycles. The van der Waals surface area contributed by atoms with Crippen molar-refractivity contribution >= 4 is 5.91 Å². The van der Waals surface area contributed by atoms with Crippen molar-refractivity contribution in [3.8, 4) is 0 Å². The number of amides is 1. The van der Waals surface area contributed by atoms with Crippen molar-refractivity contribution in [2.75, 3.05) is 13.2 Å². The van der Waals surface area contributed by atoms with E-state index in [1.165, 1.54) is 103 Å². The minimum Gasteiger partial charge on any atom is -0.394 e. The predicted molar refractivity (Wildman–Crippen MR) is 276 cm³/mol. The van der Waals surface area contributed by atoms with Crippen LogP contribution in [0.15, 0.2) is 85.1 Å². The fraction of sp³-hybridized carbons (Fsp3) is 0.737. The number of hydrogen-bond acceptors (Lipinski definition) is 8. The van der Waals surface area contributed by atoms with Crippen LogP contribution in [0.1, 0.15) is 213 Å². The first kappa shape index (κ1) is 61.4. The first-order valence-corrected chi connectivity index (χ1v) is 26.8. The van der Waals surface area contributed by atoms with E-state index in [1.54, 1.807) is 6.08 Å². The second kappa shape index (κ2) is 46.1. The second-order valence-corrected chi connectivity index (χ2v) is 18.3. The largest absolute Gasteiger partial charge is 0.394 e. The van der Waals surface area contributed by atoms with Gasteiger partial charge in [0.15, 0.2) is 6.29 Å². The Morgan fingerprint density at radius 1 is 0.530 bits per heavy atom. The van der Waals surface area contributed by atoms with Crippen LogP contribution in [0, 0.1) is 0 Å². The third kappa shape index (κ3) is 35.5. The van der Waals surface area contributed by atoms with E-state index in [1.807, 2.05) is 6.08 Å². The van der Waals surface area contributed by atoms with E-state index in [9.17, 15) is 30.3 Å². The summed E-state index contributed by atoms with van der Waals surface area (Å²) in [5, 5.41) is 53.9. The highest BCUT2D eigenvalue weighted by Crippen LogP contribution is 2.23. The number of aliphatic hydroxyl groups is 5. The van der Waals surface area contributed by atoms with Gasteiger partial charge in [-0.05, 0) is 70.6 Å². The van der Waals surface area contributed by atoms with Gasteiger partial charge in [-0.3, -0.25) is 4.79 Å². The summed E-state index contributed by atoms with van der Waals surface area (Å²) in [5.41, 5.74) is 0. The highest BCUT2D eigenvalue weighted by molar-refractivity contribution is 5.76. The summed E-state index contributed by atoms with van der Waals surface area (Å²) in [6.07, 6.45) is 58.5. The fourth-order valence-corrected chi connectivity index (χ4v) is 7.98. The van der Waals surface area contributed by atoms with Crippen LogP contribution in [0.4, 0.5) is 0 Å². The van der Waals surface area contributed by atoms with Crippen LogP contribution >= 0.6 is 0 Å². The van der Waals surface area contributed by atoms with E-state index in [0.717, 1.165) is 89.9 Å². The molecule has 0 saturated carbocycles. The Morgan fingerprint density at radius 3 is 1.39 bits per heavy atom. The third-order valence-electron chi connectivity index (χ3n) is 12.2. The first-order valence-electron chi connectivity index (χ1n) is 26.8. The molecule has 0 aromatic rings. The molecule has 9 heteroatoms. The maximum atomic E-state index is 12.9. The molecule has 1 amide bonds. The summed E-state index contributed by atoms with van der Waals surface area (Å²) < 4.78 is 11.1. The molecule has 1 heterocycles. The number of unbranched alkanes of at least 4 members (excludes halogenated alkanes) is 22. The number of rotatable bonds is 44. The zero-order valence-electron chi connectivity index (χ0n) is 41.9. The Bertz CT molecular complexity index is 1300. The van der Waals surface area contributed by atoms with Crippen LogP contribution in [-0.4, -0.2) is 87.5 Å². The zero-order chi connectivity index (χ0) is 48.0. The molecule has 0 spiro atoms. The van der Waals surface area contributed by atoms with E-state index in [4.69, 9.17) is 9.47 Å². The van der Waals surface area contributed by atoms with Crippen molar-refractivity contribution < 1.29 is 39.8 Å². The Hall–Kier alpha value is -2.63. The Morgan fingerprint density at radius 2 is 0.939 bits per heavy atom. The average molecular weight is 926 g/mol. The standard InChI is InChI=1S/C57H99NO8/c1-3-5-7-9-11-12-13-14-15-16-17-18-19-20-21-22-23-24-25-26-27-28-29-30-31-32-33-34-35-36-37-38-39-40-41-43-45-47-53(61)58-50(51(60)46-44-42-10-8-6-4-2)49-65-57-56(64)55(63)54(62)52(48-59)66-57/h5,7,11-12,14-15,17-18,20-21,23-24,44,46,50-52,54-57,59-60,62-64H,3-4,6,8-10,13,16,19,22,25-43,45,47-49H2,1-2H3,(H,58,61)/b7-5-,12-11-,15-14-,18-17-,21-20-,24-23-,46-44+. The lowest BCUT2D eigenvalue weighted by molar-refractivity contribution is -0.302. The number of allylic oxidation sites excluding steroid dienone is 13. The SMILES string of the molecule is CC/C=C\C/C=C\C/C=C\C/C=C\C/C=C\C/C=C\CCCCCCCCCCCCCCCCCCCCC(=O)NC(COC1OC(CO)C(O)C(O)C1O)C(O)/C=C/CCCCCC. The van der Waals surface area contributed by atoms with Crippen molar-refractivity contribution in [3.05, 3.63) is 85.1 Å². The summed E-state index contributed by atoms with van der Waals surface area (Å²) in [5.74, 6) is -0.184. The van der Waals surface area contributed by atoms with E-state index in [2.05, 4.69) is 92.1 Å². The number of nitrogens with one attached hydrogen (secondary N) is 1. The van der Waals surface area contributed by atoms with Crippen LogP contribution in [0.5, 0.6) is 0 Å². The zero-order valence-corrected chi connectivity index (χ0v) is 41.9. The highest BCUT2D eigenvalue weighted by atomic mass is 16.7. The minimum absolute atomic E-state index is 0.184. The molecule has 7 unspecified atom stereocenters. The second-order valence-electron chi connectivity index (χ2n) is 18.3. The highest BCUT2D eigenvalue weighted by Gasteiger charge is 2.44. The number of carbonyl (C=O) groups excluding carboxylic acids is 1. The molecule has 0 bridgehead atoms. The van der Waals surface area contributed by atoms with Gasteiger partial charge >= 0.3 is 0 Å². The van der Waals surface area contributed by atoms with Gasteiger partial charge in [0.1, 0.15) is 24.4 Å². The molecular formula is C57H99NO8. The number of ether oxygens (including phenoxy) is 2. The molecule has 0 radical (unpaired) electrons. The molecule has 0 aliphatic carbocycles. The Balaban J connectivity index is 2.01. The molecule has 66 heavy (non-hydrogen) atoms. The maximum Gasteiger partial charge on any atom is 0.220 e. The molecule has 6 N–H and O–H groups in total. The molecule has 1 aliphatic rings.